The summed E-state index contributed by atoms with van der Waals surface area (Å²) in [5.74, 6) is 0.717. The number of aliphatic hydroxyl groups excluding tert-OH is 1. The first-order valence-electron chi connectivity index (χ1n) is 14.2. The summed E-state index contributed by atoms with van der Waals surface area (Å²) in [6.07, 6.45) is 6.52. The summed E-state index contributed by atoms with van der Waals surface area (Å²) in [6, 6.07) is 17.9. The van der Waals surface area contributed by atoms with Crippen LogP contribution < -0.4 is 10.6 Å². The maximum Gasteiger partial charge on any atom is 0.227 e. The van der Waals surface area contributed by atoms with E-state index in [4.69, 9.17) is 14.8 Å². The van der Waals surface area contributed by atoms with Crippen molar-refractivity contribution in [2.45, 2.75) is 25.8 Å². The van der Waals surface area contributed by atoms with Crippen LogP contribution in [0.3, 0.4) is 0 Å². The predicted molar refractivity (Wildman–Crippen MR) is 158 cm³/mol. The van der Waals surface area contributed by atoms with Crippen LogP contribution in [0.15, 0.2) is 67.0 Å². The number of carbonyl (C=O) groups excluding carboxylic acids is 1. The van der Waals surface area contributed by atoms with E-state index in [0.29, 0.717) is 12.5 Å². The summed E-state index contributed by atoms with van der Waals surface area (Å²) < 4.78 is 7.18. The van der Waals surface area contributed by atoms with E-state index < -0.39 is 0 Å². The van der Waals surface area contributed by atoms with Gasteiger partial charge in [0, 0.05) is 60.4 Å². The van der Waals surface area contributed by atoms with Crippen LogP contribution in [0.4, 0.5) is 17.3 Å². The highest BCUT2D eigenvalue weighted by Crippen LogP contribution is 2.33. The van der Waals surface area contributed by atoms with E-state index in [-0.39, 0.29) is 18.4 Å². The highest BCUT2D eigenvalue weighted by molar-refractivity contribution is 5.94. The molecular weight excluding hydrogens is 518 g/mol. The smallest absolute Gasteiger partial charge is 0.227 e. The Morgan fingerprint density at radius 2 is 1.85 bits per heavy atom. The van der Waals surface area contributed by atoms with Gasteiger partial charge in [0.25, 0.3) is 0 Å². The van der Waals surface area contributed by atoms with Gasteiger partial charge in [0.1, 0.15) is 5.69 Å². The third-order valence-electron chi connectivity index (χ3n) is 7.40. The molecule has 2 aromatic carbocycles. The fraction of sp³-hybridized carbons (Fsp3) is 0.355. The molecule has 2 aromatic heterocycles. The molecule has 212 valence electrons. The lowest BCUT2D eigenvalue weighted by molar-refractivity contribution is -0.117. The van der Waals surface area contributed by atoms with Gasteiger partial charge in [0.15, 0.2) is 0 Å². The van der Waals surface area contributed by atoms with Crippen molar-refractivity contribution in [2.75, 3.05) is 50.1 Å². The molecule has 6 rings (SSSR count). The first kappa shape index (κ1) is 27.1. The number of ether oxygens (including phenoxy) is 1. The third kappa shape index (κ3) is 6.97. The Hall–Kier alpha value is -4.12. The zero-order valence-electron chi connectivity index (χ0n) is 23.0. The maximum atomic E-state index is 12.1. The number of rotatable bonds is 11. The molecule has 3 N–H and O–H groups in total. The first-order chi connectivity index (χ1) is 20.1. The van der Waals surface area contributed by atoms with Crippen LogP contribution >= 0.6 is 0 Å². The van der Waals surface area contributed by atoms with E-state index in [9.17, 15) is 9.90 Å². The number of nitrogens with zero attached hydrogens (tertiary/aromatic N) is 5. The summed E-state index contributed by atoms with van der Waals surface area (Å²) in [7, 11) is 0. The minimum absolute atomic E-state index is 0.0227. The normalized spacial score (nSPS) is 15.5. The Bertz CT molecular complexity index is 1480. The molecule has 10 nitrogen and oxygen atoms in total. The molecule has 1 saturated heterocycles. The van der Waals surface area contributed by atoms with Gasteiger partial charge < -0.3 is 20.5 Å². The summed E-state index contributed by atoms with van der Waals surface area (Å²) in [5, 5.41) is 20.6. The van der Waals surface area contributed by atoms with E-state index in [1.807, 2.05) is 42.6 Å². The van der Waals surface area contributed by atoms with E-state index in [0.717, 1.165) is 86.0 Å². The number of amides is 1. The van der Waals surface area contributed by atoms with Crippen molar-refractivity contribution in [3.63, 3.8) is 0 Å². The van der Waals surface area contributed by atoms with Crippen molar-refractivity contribution < 1.29 is 14.6 Å². The molecule has 2 fully saturated rings. The molecule has 41 heavy (non-hydrogen) atoms. The Labute approximate surface area is 239 Å². The van der Waals surface area contributed by atoms with Gasteiger partial charge in [-0.15, -0.1) is 0 Å². The topological polar surface area (TPSA) is 117 Å². The third-order valence-corrected chi connectivity index (χ3v) is 7.40. The summed E-state index contributed by atoms with van der Waals surface area (Å²) in [4.78, 5) is 23.9. The van der Waals surface area contributed by atoms with Crippen LogP contribution in [-0.4, -0.2) is 75.1 Å². The average molecular weight is 554 g/mol. The standard InChI is InChI=1S/C31H35N7O3/c39-17-14-38-21-27(29(36-38)23-6-8-25(9-7-23)33-30(40)24-4-5-24)28-10-12-32-31(35-28)34-26-3-1-2-22(20-26)11-13-37-15-18-41-19-16-37/h1-3,6-10,12,20-21,24,39H,4-5,11,13-19H2,(H,33,40)(H,32,34,35). The number of hydrogen-bond donors (Lipinski definition) is 3. The minimum atomic E-state index is -0.0227. The SMILES string of the molecule is O=C(Nc1ccc(-c2nn(CCO)cc2-c2ccnc(Nc3cccc(CCN4CCOCC4)c3)n2)cc1)C1CC1. The number of hydrogen-bond acceptors (Lipinski definition) is 8. The number of morpholine rings is 1. The number of anilines is 3. The van der Waals surface area contributed by atoms with E-state index in [1.54, 1.807) is 10.9 Å². The molecule has 2 aliphatic rings. The summed E-state index contributed by atoms with van der Waals surface area (Å²) in [5.41, 5.74) is 6.14. The van der Waals surface area contributed by atoms with E-state index in [1.165, 1.54) is 5.56 Å². The van der Waals surface area contributed by atoms with Crippen LogP contribution in [-0.2, 0) is 22.5 Å². The second kappa shape index (κ2) is 12.6. The summed E-state index contributed by atoms with van der Waals surface area (Å²) >= 11 is 0. The van der Waals surface area contributed by atoms with Crippen LogP contribution in [0.25, 0.3) is 22.5 Å². The molecule has 3 heterocycles. The number of nitrogens with one attached hydrogen (secondary N) is 2. The molecule has 0 spiro atoms. The van der Waals surface area contributed by atoms with Gasteiger partial charge in [-0.2, -0.15) is 5.10 Å². The lowest BCUT2D eigenvalue weighted by Crippen LogP contribution is -2.37. The lowest BCUT2D eigenvalue weighted by Gasteiger charge is -2.26. The van der Waals surface area contributed by atoms with E-state index in [2.05, 4.69) is 38.7 Å². The predicted octanol–water partition coefficient (Wildman–Crippen LogP) is 3.97. The molecule has 4 aromatic rings. The zero-order chi connectivity index (χ0) is 28.0. The van der Waals surface area contributed by atoms with Crippen molar-refractivity contribution in [1.29, 1.82) is 0 Å². The molecule has 0 atom stereocenters. The van der Waals surface area contributed by atoms with E-state index >= 15 is 0 Å². The number of aromatic nitrogens is 4. The molecule has 0 radical (unpaired) electrons. The van der Waals surface area contributed by atoms with Crippen LogP contribution in [0.5, 0.6) is 0 Å². The van der Waals surface area contributed by atoms with Gasteiger partial charge >= 0.3 is 0 Å². The first-order valence-corrected chi connectivity index (χ1v) is 14.2. The van der Waals surface area contributed by atoms with Crippen molar-refractivity contribution in [2.24, 2.45) is 5.92 Å². The average Bonchev–Trinajstić information content (AvgIpc) is 3.78. The lowest BCUT2D eigenvalue weighted by atomic mass is 10.1. The fourth-order valence-corrected chi connectivity index (χ4v) is 4.95. The van der Waals surface area contributed by atoms with Crippen molar-refractivity contribution in [3.8, 4) is 22.5 Å². The second-order valence-electron chi connectivity index (χ2n) is 10.5. The van der Waals surface area contributed by atoms with Crippen LogP contribution in [0.2, 0.25) is 0 Å². The Morgan fingerprint density at radius 1 is 1.02 bits per heavy atom. The number of aliphatic hydroxyl groups is 1. The number of benzene rings is 2. The van der Waals surface area contributed by atoms with Crippen molar-refractivity contribution in [1.82, 2.24) is 24.6 Å². The maximum absolute atomic E-state index is 12.1. The van der Waals surface area contributed by atoms with Crippen molar-refractivity contribution >= 4 is 23.2 Å². The number of carbonyl (C=O) groups is 1. The Morgan fingerprint density at radius 3 is 2.63 bits per heavy atom. The van der Waals surface area contributed by atoms with Gasteiger partial charge in [-0.3, -0.25) is 14.4 Å². The largest absolute Gasteiger partial charge is 0.394 e. The molecule has 1 amide bonds. The molecule has 1 aliphatic carbocycles. The van der Waals surface area contributed by atoms with Crippen molar-refractivity contribution in [3.05, 3.63) is 72.6 Å². The molecular formula is C31H35N7O3. The van der Waals surface area contributed by atoms with Gasteiger partial charge in [-0.1, -0.05) is 24.3 Å². The quantitative estimate of drug-likeness (QED) is 0.256. The molecule has 10 heteroatoms. The second-order valence-corrected chi connectivity index (χ2v) is 10.5. The highest BCUT2D eigenvalue weighted by atomic mass is 16.5. The van der Waals surface area contributed by atoms with Crippen LogP contribution in [0.1, 0.15) is 18.4 Å². The Balaban J connectivity index is 1.19. The van der Waals surface area contributed by atoms with Gasteiger partial charge in [-0.05, 0) is 55.2 Å². The monoisotopic (exact) mass is 553 g/mol. The van der Waals surface area contributed by atoms with Gasteiger partial charge in [0.2, 0.25) is 11.9 Å². The molecule has 0 unspecified atom stereocenters. The molecule has 1 saturated carbocycles. The fourth-order valence-electron chi connectivity index (χ4n) is 4.95. The zero-order valence-corrected chi connectivity index (χ0v) is 23.0. The molecule has 0 bridgehead atoms. The van der Waals surface area contributed by atoms with Gasteiger partial charge in [-0.25, -0.2) is 9.97 Å². The molecule has 1 aliphatic heterocycles. The summed E-state index contributed by atoms with van der Waals surface area (Å²) in [6.45, 7) is 4.93. The van der Waals surface area contributed by atoms with Gasteiger partial charge in [0.05, 0.1) is 32.1 Å². The van der Waals surface area contributed by atoms with Crippen LogP contribution in [0, 0.1) is 5.92 Å². The highest BCUT2D eigenvalue weighted by Gasteiger charge is 2.29. The minimum Gasteiger partial charge on any atom is -0.394 e. The Kier molecular flexibility index (Phi) is 8.31.